The normalized spacial score (nSPS) is 10.7. The molecule has 3 heteroatoms. The first-order valence-corrected chi connectivity index (χ1v) is 6.58. The third-order valence-electron chi connectivity index (χ3n) is 2.07. The van der Waals surface area contributed by atoms with Crippen molar-refractivity contribution in [1.82, 2.24) is 0 Å². The van der Waals surface area contributed by atoms with Gasteiger partial charge < -0.3 is 4.90 Å². The summed E-state index contributed by atoms with van der Waals surface area (Å²) in [4.78, 5) is 3.49. The van der Waals surface area contributed by atoms with Crippen molar-refractivity contribution in [2.75, 3.05) is 24.4 Å². The molecule has 0 radical (unpaired) electrons. The molecule has 0 saturated heterocycles. The van der Waals surface area contributed by atoms with Gasteiger partial charge in [-0.05, 0) is 24.3 Å². The molecule has 0 unspecified atom stereocenters. The maximum atomic E-state index is 5.70. The van der Waals surface area contributed by atoms with Crippen molar-refractivity contribution >= 4 is 29.1 Å². The van der Waals surface area contributed by atoms with Crippen molar-refractivity contribution in [3.05, 3.63) is 24.3 Å². The van der Waals surface area contributed by atoms with Crippen LogP contribution in [0.5, 0.6) is 0 Å². The lowest BCUT2D eigenvalue weighted by molar-refractivity contribution is 0.972. The lowest BCUT2D eigenvalue weighted by Crippen LogP contribution is -2.19. The van der Waals surface area contributed by atoms with Crippen molar-refractivity contribution in [2.24, 2.45) is 0 Å². The average molecular weight is 244 g/mol. The van der Waals surface area contributed by atoms with Crippen LogP contribution in [0.3, 0.4) is 0 Å². The summed E-state index contributed by atoms with van der Waals surface area (Å²) in [5.41, 5.74) is 1.23. The molecule has 1 rings (SSSR count). The van der Waals surface area contributed by atoms with Gasteiger partial charge in [0.05, 0.1) is 0 Å². The van der Waals surface area contributed by atoms with Gasteiger partial charge in [-0.2, -0.15) is 0 Å². The summed E-state index contributed by atoms with van der Waals surface area (Å²) < 4.78 is 0. The van der Waals surface area contributed by atoms with Crippen LogP contribution in [0.2, 0.25) is 0 Å². The number of rotatable bonds is 5. The summed E-state index contributed by atoms with van der Waals surface area (Å²) in [5.74, 6) is 0.666. The summed E-state index contributed by atoms with van der Waals surface area (Å²) in [5, 5.41) is 0.636. The number of anilines is 1. The van der Waals surface area contributed by atoms with Crippen LogP contribution >= 0.6 is 23.4 Å². The van der Waals surface area contributed by atoms with E-state index in [1.165, 1.54) is 10.6 Å². The molecule has 0 N–H and O–H groups in total. The third kappa shape index (κ3) is 4.35. The molecule has 84 valence electrons. The number of benzene rings is 1. The van der Waals surface area contributed by atoms with Crippen molar-refractivity contribution in [2.45, 2.75) is 24.0 Å². The fourth-order valence-electron chi connectivity index (χ4n) is 1.31. The van der Waals surface area contributed by atoms with E-state index in [0.29, 0.717) is 11.1 Å². The van der Waals surface area contributed by atoms with Gasteiger partial charge in [0.25, 0.3) is 0 Å². The van der Waals surface area contributed by atoms with E-state index in [-0.39, 0.29) is 0 Å². The Hall–Kier alpha value is -0.340. The maximum absolute atomic E-state index is 5.70. The summed E-state index contributed by atoms with van der Waals surface area (Å²) in [7, 11) is 2.06. The van der Waals surface area contributed by atoms with E-state index in [0.717, 1.165) is 6.54 Å². The van der Waals surface area contributed by atoms with Crippen LogP contribution in [0.4, 0.5) is 5.69 Å². The number of nitrogens with zero attached hydrogens (tertiary/aromatic N) is 1. The fourth-order valence-corrected chi connectivity index (χ4v) is 2.40. The highest BCUT2D eigenvalue weighted by molar-refractivity contribution is 7.99. The van der Waals surface area contributed by atoms with Crippen molar-refractivity contribution in [3.63, 3.8) is 0 Å². The Labute approximate surface area is 102 Å². The van der Waals surface area contributed by atoms with Gasteiger partial charge in [0, 0.05) is 35.3 Å². The van der Waals surface area contributed by atoms with Crippen molar-refractivity contribution in [3.8, 4) is 0 Å². The van der Waals surface area contributed by atoms with Gasteiger partial charge in [0.15, 0.2) is 0 Å². The molecule has 15 heavy (non-hydrogen) atoms. The van der Waals surface area contributed by atoms with E-state index in [2.05, 4.69) is 50.1 Å². The number of hydrogen-bond acceptors (Lipinski definition) is 2. The standard InChI is InChI=1S/C12H18ClNS/c1-10(2)15-12-6-4-11(5-7-12)14(3)9-8-13/h4-7,10H,8-9H2,1-3H3. The van der Waals surface area contributed by atoms with E-state index in [9.17, 15) is 0 Å². The summed E-state index contributed by atoms with van der Waals surface area (Å²) in [6, 6.07) is 8.64. The highest BCUT2D eigenvalue weighted by Crippen LogP contribution is 2.25. The molecule has 1 nitrogen and oxygen atoms in total. The van der Waals surface area contributed by atoms with Crippen LogP contribution in [-0.2, 0) is 0 Å². The van der Waals surface area contributed by atoms with Crippen LogP contribution in [0.25, 0.3) is 0 Å². The minimum atomic E-state index is 0.636. The van der Waals surface area contributed by atoms with Gasteiger partial charge in [-0.15, -0.1) is 23.4 Å². The second-order valence-electron chi connectivity index (χ2n) is 3.77. The van der Waals surface area contributed by atoms with E-state index in [1.54, 1.807) is 0 Å². The molecular weight excluding hydrogens is 226 g/mol. The smallest absolute Gasteiger partial charge is 0.0399 e. The second-order valence-corrected chi connectivity index (χ2v) is 5.80. The van der Waals surface area contributed by atoms with Crippen LogP contribution in [-0.4, -0.2) is 24.7 Å². The van der Waals surface area contributed by atoms with Gasteiger partial charge >= 0.3 is 0 Å². The van der Waals surface area contributed by atoms with Crippen LogP contribution < -0.4 is 4.90 Å². The molecule has 1 aromatic rings. The Morgan fingerprint density at radius 3 is 2.33 bits per heavy atom. The summed E-state index contributed by atoms with van der Waals surface area (Å²) in [6.45, 7) is 5.30. The molecule has 0 aliphatic carbocycles. The molecule has 0 fully saturated rings. The molecule has 0 aromatic heterocycles. The first kappa shape index (κ1) is 12.7. The fraction of sp³-hybridized carbons (Fsp3) is 0.500. The van der Waals surface area contributed by atoms with E-state index in [1.807, 2.05) is 11.8 Å². The second kappa shape index (κ2) is 6.29. The Bertz CT molecular complexity index is 284. The highest BCUT2D eigenvalue weighted by atomic mass is 35.5. The zero-order chi connectivity index (χ0) is 11.3. The van der Waals surface area contributed by atoms with Crippen molar-refractivity contribution in [1.29, 1.82) is 0 Å². The monoisotopic (exact) mass is 243 g/mol. The zero-order valence-corrected chi connectivity index (χ0v) is 11.1. The minimum Gasteiger partial charge on any atom is -0.373 e. The van der Waals surface area contributed by atoms with Gasteiger partial charge in [0.2, 0.25) is 0 Å². The lowest BCUT2D eigenvalue weighted by atomic mass is 10.3. The maximum Gasteiger partial charge on any atom is 0.0399 e. The van der Waals surface area contributed by atoms with Gasteiger partial charge in [-0.3, -0.25) is 0 Å². The number of halogens is 1. The third-order valence-corrected chi connectivity index (χ3v) is 3.25. The first-order chi connectivity index (χ1) is 7.13. The first-order valence-electron chi connectivity index (χ1n) is 5.17. The van der Waals surface area contributed by atoms with E-state index in [4.69, 9.17) is 11.6 Å². The van der Waals surface area contributed by atoms with Gasteiger partial charge in [-0.1, -0.05) is 13.8 Å². The molecule has 0 bridgehead atoms. The number of thioether (sulfide) groups is 1. The molecule has 0 atom stereocenters. The predicted octanol–water partition coefficient (Wildman–Crippen LogP) is 3.86. The van der Waals surface area contributed by atoms with Crippen molar-refractivity contribution < 1.29 is 0 Å². The van der Waals surface area contributed by atoms with Gasteiger partial charge in [0.1, 0.15) is 0 Å². The average Bonchev–Trinajstić information content (AvgIpc) is 2.18. The Morgan fingerprint density at radius 1 is 1.27 bits per heavy atom. The molecule has 0 aliphatic heterocycles. The Kier molecular flexibility index (Phi) is 5.34. The van der Waals surface area contributed by atoms with E-state index < -0.39 is 0 Å². The molecule has 0 heterocycles. The SMILES string of the molecule is CC(C)Sc1ccc(N(C)CCCl)cc1. The molecule has 0 aliphatic rings. The topological polar surface area (TPSA) is 3.24 Å². The van der Waals surface area contributed by atoms with Gasteiger partial charge in [-0.25, -0.2) is 0 Å². The molecule has 1 aromatic carbocycles. The summed E-state index contributed by atoms with van der Waals surface area (Å²) in [6.07, 6.45) is 0. The highest BCUT2D eigenvalue weighted by Gasteiger charge is 2.01. The van der Waals surface area contributed by atoms with Crippen LogP contribution in [0, 0.1) is 0 Å². The number of alkyl halides is 1. The van der Waals surface area contributed by atoms with E-state index >= 15 is 0 Å². The largest absolute Gasteiger partial charge is 0.373 e. The lowest BCUT2D eigenvalue weighted by Gasteiger charge is -2.18. The quantitative estimate of drug-likeness (QED) is 0.571. The van der Waals surface area contributed by atoms with Crippen LogP contribution in [0.1, 0.15) is 13.8 Å². The Morgan fingerprint density at radius 2 is 1.87 bits per heavy atom. The number of hydrogen-bond donors (Lipinski definition) is 0. The predicted molar refractivity (Wildman–Crippen MR) is 71.4 cm³/mol. The summed E-state index contributed by atoms with van der Waals surface area (Å²) >= 11 is 7.59. The minimum absolute atomic E-state index is 0.636. The molecule has 0 saturated carbocycles. The van der Waals surface area contributed by atoms with Crippen LogP contribution in [0.15, 0.2) is 29.2 Å². The zero-order valence-electron chi connectivity index (χ0n) is 9.53. The molecule has 0 spiro atoms. The molecule has 0 amide bonds. The molecular formula is C12H18ClNS. The Balaban J connectivity index is 2.63.